The number of hydrogen-bond acceptors (Lipinski definition) is 9. The fraction of sp³-hybridized carbons (Fsp3) is 0.273. The van der Waals surface area contributed by atoms with Crippen molar-refractivity contribution in [2.75, 3.05) is 19.1 Å². The van der Waals surface area contributed by atoms with Crippen LogP contribution >= 0.6 is 0 Å². The summed E-state index contributed by atoms with van der Waals surface area (Å²) in [7, 11) is 2.82. The maximum absolute atomic E-state index is 14.0. The van der Waals surface area contributed by atoms with Crippen molar-refractivity contribution < 1.29 is 38.7 Å². The van der Waals surface area contributed by atoms with Gasteiger partial charge in [-0.05, 0) is 55.5 Å². The van der Waals surface area contributed by atoms with Crippen molar-refractivity contribution in [1.29, 1.82) is 0 Å². The number of carbonyl (C=O) groups is 4. The molecule has 0 bridgehead atoms. The second-order valence-electron chi connectivity index (χ2n) is 11.2. The van der Waals surface area contributed by atoms with Crippen LogP contribution in [-0.4, -0.2) is 47.6 Å². The van der Waals surface area contributed by atoms with Crippen molar-refractivity contribution in [3.63, 3.8) is 0 Å². The molecule has 0 spiro atoms. The van der Waals surface area contributed by atoms with Crippen molar-refractivity contribution in [1.82, 2.24) is 0 Å². The number of anilines is 1. The average Bonchev–Trinajstić information content (AvgIpc) is 3.27. The molecule has 11 nitrogen and oxygen atoms in total. The molecule has 224 valence electrons. The highest BCUT2D eigenvalue weighted by atomic mass is 16.6. The molecule has 2 aromatic carbocycles. The summed E-state index contributed by atoms with van der Waals surface area (Å²) in [5.41, 5.74) is 2.19. The van der Waals surface area contributed by atoms with Gasteiger partial charge in [0.1, 0.15) is 0 Å². The Morgan fingerprint density at radius 2 is 1.73 bits per heavy atom. The minimum Gasteiger partial charge on any atom is -0.502 e. The summed E-state index contributed by atoms with van der Waals surface area (Å²) in [4.78, 5) is 66.2. The van der Waals surface area contributed by atoms with Gasteiger partial charge in [0.15, 0.2) is 23.1 Å². The van der Waals surface area contributed by atoms with Crippen LogP contribution in [0.2, 0.25) is 0 Å². The van der Waals surface area contributed by atoms with Crippen LogP contribution < -0.4 is 14.4 Å². The van der Waals surface area contributed by atoms with Crippen LogP contribution in [0.15, 0.2) is 76.9 Å². The number of fused-ring (bicyclic) bond motifs is 3. The predicted molar refractivity (Wildman–Crippen MR) is 158 cm³/mol. The molecule has 0 saturated carbocycles. The van der Waals surface area contributed by atoms with Gasteiger partial charge in [0.05, 0.1) is 36.7 Å². The van der Waals surface area contributed by atoms with Gasteiger partial charge in [-0.3, -0.25) is 29.3 Å². The van der Waals surface area contributed by atoms with Gasteiger partial charge in [-0.25, -0.2) is 4.90 Å². The zero-order chi connectivity index (χ0) is 31.4. The SMILES string of the molecule is COc1cc(C=C[C@H]2C3=CC[C@@H]4C(=O)N(c5cccc([N+](=O)[O-])c5)C(=O)[C@@H]4[C@@H]3CC3=C2C(=O)C=C(C)C3=O)cc(OC)c1O. The summed E-state index contributed by atoms with van der Waals surface area (Å²) in [5, 5.41) is 21.7. The number of benzene rings is 2. The molecule has 11 heteroatoms. The molecule has 1 saturated heterocycles. The Morgan fingerprint density at radius 1 is 1.02 bits per heavy atom. The molecular weight excluding hydrogens is 568 g/mol. The topological polar surface area (TPSA) is 153 Å². The summed E-state index contributed by atoms with van der Waals surface area (Å²) in [6.07, 6.45) is 7.07. The number of imide groups is 1. The number of nitro groups is 1. The number of methoxy groups -OCH3 is 2. The molecule has 4 atom stereocenters. The summed E-state index contributed by atoms with van der Waals surface area (Å²) >= 11 is 0. The number of ketones is 2. The Bertz CT molecular complexity index is 1770. The average molecular weight is 597 g/mol. The molecule has 1 fully saturated rings. The zero-order valence-corrected chi connectivity index (χ0v) is 24.1. The monoisotopic (exact) mass is 596 g/mol. The fourth-order valence-corrected chi connectivity index (χ4v) is 6.88. The van der Waals surface area contributed by atoms with Gasteiger partial charge in [0.2, 0.25) is 17.6 Å². The molecule has 6 rings (SSSR count). The number of aromatic hydroxyl groups is 1. The number of ether oxygens (including phenoxy) is 2. The van der Waals surface area contributed by atoms with Crippen LogP contribution in [0, 0.1) is 33.8 Å². The lowest BCUT2D eigenvalue weighted by molar-refractivity contribution is -0.384. The predicted octanol–water partition coefficient (Wildman–Crippen LogP) is 4.50. The normalized spacial score (nSPS) is 24.6. The first-order valence-corrected chi connectivity index (χ1v) is 14.0. The molecule has 2 amide bonds. The zero-order valence-electron chi connectivity index (χ0n) is 24.1. The largest absolute Gasteiger partial charge is 0.502 e. The van der Waals surface area contributed by atoms with E-state index in [0.717, 1.165) is 10.5 Å². The van der Waals surface area contributed by atoms with Crippen molar-refractivity contribution in [2.24, 2.45) is 23.7 Å². The lowest BCUT2D eigenvalue weighted by Gasteiger charge is -2.41. The fourth-order valence-electron chi connectivity index (χ4n) is 6.88. The number of allylic oxidation sites excluding steroid dienone is 7. The van der Waals surface area contributed by atoms with E-state index in [1.54, 1.807) is 31.2 Å². The van der Waals surface area contributed by atoms with Gasteiger partial charge in [-0.15, -0.1) is 0 Å². The van der Waals surface area contributed by atoms with Crippen LogP contribution in [0.5, 0.6) is 17.2 Å². The van der Waals surface area contributed by atoms with E-state index in [0.29, 0.717) is 22.3 Å². The van der Waals surface area contributed by atoms with Gasteiger partial charge < -0.3 is 14.6 Å². The number of phenolic OH excluding ortho intramolecular Hbond substituents is 1. The first-order valence-electron chi connectivity index (χ1n) is 14.0. The molecule has 0 radical (unpaired) electrons. The number of nitro benzene ring substituents is 1. The minimum atomic E-state index is -0.810. The summed E-state index contributed by atoms with van der Waals surface area (Å²) in [6.45, 7) is 1.58. The second-order valence-corrected chi connectivity index (χ2v) is 11.2. The molecule has 1 aliphatic heterocycles. The molecule has 3 aliphatic carbocycles. The van der Waals surface area contributed by atoms with Gasteiger partial charge >= 0.3 is 0 Å². The Balaban J connectivity index is 1.43. The van der Waals surface area contributed by atoms with E-state index in [2.05, 4.69) is 0 Å². The number of rotatable bonds is 6. The summed E-state index contributed by atoms with van der Waals surface area (Å²) in [6, 6.07) is 8.60. The van der Waals surface area contributed by atoms with Crippen LogP contribution in [-0.2, 0) is 19.2 Å². The number of amides is 2. The molecule has 1 N–H and O–H groups in total. The van der Waals surface area contributed by atoms with Gasteiger partial charge in [0.25, 0.3) is 5.69 Å². The molecule has 44 heavy (non-hydrogen) atoms. The maximum Gasteiger partial charge on any atom is 0.271 e. The number of Topliss-reactive ketones (excluding diaryl/α,β-unsaturated/α-hetero) is 1. The maximum atomic E-state index is 14.0. The van der Waals surface area contributed by atoms with Gasteiger partial charge in [-0.2, -0.15) is 0 Å². The van der Waals surface area contributed by atoms with E-state index in [1.807, 2.05) is 6.08 Å². The van der Waals surface area contributed by atoms with Crippen molar-refractivity contribution >= 4 is 40.8 Å². The lowest BCUT2D eigenvalue weighted by atomic mass is 9.60. The number of carbonyl (C=O) groups excluding carboxylic acids is 4. The van der Waals surface area contributed by atoms with E-state index in [-0.39, 0.29) is 53.0 Å². The molecule has 0 unspecified atom stereocenters. The molecule has 2 aromatic rings. The number of hydrogen-bond donors (Lipinski definition) is 1. The van der Waals surface area contributed by atoms with Crippen molar-refractivity contribution in [2.45, 2.75) is 19.8 Å². The van der Waals surface area contributed by atoms with Crippen molar-refractivity contribution in [3.8, 4) is 17.2 Å². The van der Waals surface area contributed by atoms with Gasteiger partial charge in [0, 0.05) is 34.8 Å². The standard InChI is InChI=1S/C33H28N2O9/c1-16-11-25(36)28-21(8-7-17-12-26(43-2)31(38)27(13-17)44-3)20-9-10-22-29(23(20)15-24(28)30(16)37)33(40)34(32(22)39)18-5-4-6-19(14-18)35(41)42/h4-9,11-14,21-23,29,38H,10,15H2,1-3H3/t21-,22-,23+,29-/m0/s1. The van der Waals surface area contributed by atoms with Crippen molar-refractivity contribution in [3.05, 3.63) is 92.6 Å². The van der Waals surface area contributed by atoms with Gasteiger partial charge in [-0.1, -0.05) is 29.9 Å². The smallest absolute Gasteiger partial charge is 0.271 e. The second kappa shape index (κ2) is 10.7. The van der Waals surface area contributed by atoms with E-state index < -0.39 is 40.4 Å². The Kier molecular flexibility index (Phi) is 7.03. The third-order valence-electron chi connectivity index (χ3n) is 8.89. The summed E-state index contributed by atoms with van der Waals surface area (Å²) in [5.74, 6) is -4.03. The van der Waals surface area contributed by atoms with Crippen LogP contribution in [0.1, 0.15) is 25.3 Å². The Labute approximate surface area is 251 Å². The lowest BCUT2D eigenvalue weighted by Crippen LogP contribution is -2.40. The third-order valence-corrected chi connectivity index (χ3v) is 8.89. The highest BCUT2D eigenvalue weighted by Crippen LogP contribution is 2.53. The first kappa shape index (κ1) is 28.8. The highest BCUT2D eigenvalue weighted by Gasteiger charge is 2.56. The highest BCUT2D eigenvalue weighted by molar-refractivity contribution is 6.24. The van der Waals surface area contributed by atoms with Crippen LogP contribution in [0.3, 0.4) is 0 Å². The Morgan fingerprint density at radius 3 is 2.39 bits per heavy atom. The third kappa shape index (κ3) is 4.43. The van der Waals surface area contributed by atoms with E-state index in [1.165, 1.54) is 44.6 Å². The minimum absolute atomic E-state index is 0.116. The van der Waals surface area contributed by atoms with Crippen LogP contribution in [0.25, 0.3) is 6.08 Å². The quantitative estimate of drug-likeness (QED) is 0.167. The van der Waals surface area contributed by atoms with E-state index in [4.69, 9.17) is 9.47 Å². The molecule has 4 aliphatic rings. The number of non-ortho nitro benzene ring substituents is 1. The van der Waals surface area contributed by atoms with E-state index >= 15 is 0 Å². The van der Waals surface area contributed by atoms with Crippen LogP contribution in [0.4, 0.5) is 11.4 Å². The molecule has 0 aromatic heterocycles. The first-order chi connectivity index (χ1) is 21.0. The number of nitrogens with zero attached hydrogens (tertiary/aromatic N) is 2. The van der Waals surface area contributed by atoms with E-state index in [9.17, 15) is 34.4 Å². The molecule has 1 heterocycles. The molecular formula is C33H28N2O9. The number of phenols is 1. The summed E-state index contributed by atoms with van der Waals surface area (Å²) < 4.78 is 10.5. The Hall–Kier alpha value is -5.32.